The summed E-state index contributed by atoms with van der Waals surface area (Å²) in [4.78, 5) is 31.7. The lowest BCUT2D eigenvalue weighted by atomic mass is 9.85. The number of rotatable bonds is 11. The molecule has 0 radical (unpaired) electrons. The highest BCUT2D eigenvalue weighted by Gasteiger charge is 2.43. The fourth-order valence-electron chi connectivity index (χ4n) is 7.07. The predicted molar refractivity (Wildman–Crippen MR) is 185 cm³/mol. The van der Waals surface area contributed by atoms with Crippen molar-refractivity contribution in [3.05, 3.63) is 118 Å². The van der Waals surface area contributed by atoms with Crippen molar-refractivity contribution < 1.29 is 14.6 Å². The number of carbonyl (C=O) groups excluding carboxylic acids is 1. The van der Waals surface area contributed by atoms with Crippen LogP contribution in [0.5, 0.6) is 5.75 Å². The van der Waals surface area contributed by atoms with E-state index in [0.717, 1.165) is 55.4 Å². The van der Waals surface area contributed by atoms with Crippen molar-refractivity contribution in [2.75, 3.05) is 6.54 Å². The lowest BCUT2D eigenvalue weighted by molar-refractivity contribution is 0.0326. The first-order valence-corrected chi connectivity index (χ1v) is 17.0. The number of hydrogen-bond donors (Lipinski definition) is 3. The number of amides is 1. The molecular weight excluding hydrogens is 588 g/mol. The van der Waals surface area contributed by atoms with E-state index < -0.39 is 12.1 Å². The highest BCUT2D eigenvalue weighted by molar-refractivity contribution is 5.95. The second kappa shape index (κ2) is 14.2. The Morgan fingerprint density at radius 2 is 1.81 bits per heavy atom. The minimum atomic E-state index is -0.884. The molecule has 2 aromatic heterocycles. The molecule has 1 saturated carbocycles. The van der Waals surface area contributed by atoms with Crippen molar-refractivity contribution in [2.45, 2.75) is 95.5 Å². The molecule has 3 atom stereocenters. The third kappa shape index (κ3) is 7.34. The highest BCUT2D eigenvalue weighted by atomic mass is 16.5. The van der Waals surface area contributed by atoms with Crippen LogP contribution in [0.2, 0.25) is 0 Å². The summed E-state index contributed by atoms with van der Waals surface area (Å²) in [5.41, 5.74) is 4.22. The van der Waals surface area contributed by atoms with Gasteiger partial charge in [-0.1, -0.05) is 55.5 Å². The van der Waals surface area contributed by atoms with Gasteiger partial charge in [0.25, 0.3) is 11.5 Å². The molecule has 246 valence electrons. The van der Waals surface area contributed by atoms with Gasteiger partial charge in [0, 0.05) is 43.0 Å². The summed E-state index contributed by atoms with van der Waals surface area (Å²) >= 11 is 0. The van der Waals surface area contributed by atoms with E-state index in [1.54, 1.807) is 35.2 Å². The Morgan fingerprint density at radius 3 is 2.51 bits per heavy atom. The molecule has 47 heavy (non-hydrogen) atoms. The van der Waals surface area contributed by atoms with E-state index in [9.17, 15) is 14.7 Å². The van der Waals surface area contributed by atoms with Crippen LogP contribution in [0.15, 0.2) is 90.0 Å². The van der Waals surface area contributed by atoms with Gasteiger partial charge in [-0.05, 0) is 87.8 Å². The summed E-state index contributed by atoms with van der Waals surface area (Å²) in [5.74, 6) is 0.575. The molecule has 1 spiro atoms. The average Bonchev–Trinajstić information content (AvgIpc) is 3.54. The van der Waals surface area contributed by atoms with Gasteiger partial charge < -0.3 is 25.0 Å². The van der Waals surface area contributed by atoms with Gasteiger partial charge in [0.2, 0.25) is 0 Å². The van der Waals surface area contributed by atoms with Crippen LogP contribution in [-0.2, 0) is 12.8 Å². The lowest BCUT2D eigenvalue weighted by Crippen LogP contribution is -2.50. The Balaban J connectivity index is 1.26. The molecule has 0 bridgehead atoms. The number of hydrogen-bond acceptors (Lipinski definition) is 6. The molecule has 1 aliphatic carbocycles. The van der Waals surface area contributed by atoms with E-state index in [2.05, 4.69) is 40.7 Å². The zero-order valence-electron chi connectivity index (χ0n) is 27.6. The summed E-state index contributed by atoms with van der Waals surface area (Å²) in [6.45, 7) is 6.26. The fraction of sp³-hybridized carbons (Fsp3) is 0.410. The standard InChI is InChI=1S/C39H46N4O4/c1-4-27-15-16-36-30(20-27)34(23-39(47-36)17-9-10-18-39)41-24-35(44)33(21-28-12-6-5-7-13-28)42-37(45)29-22-31(32-14-8-11-19-40-32)38(46)43(25-29)26(2)3/h5-8,11-16,19-20,22,25-26,33-35,41,44H,4,9-10,17-18,21,23-24H2,1-3H3,(H,42,45)/t33-,34?,35+/m0/s1. The molecular formula is C39H46N4O4. The molecule has 3 N–H and O–H groups in total. The van der Waals surface area contributed by atoms with Crippen LogP contribution < -0.4 is 20.9 Å². The van der Waals surface area contributed by atoms with Gasteiger partial charge in [0.1, 0.15) is 11.4 Å². The smallest absolute Gasteiger partial charge is 0.260 e. The first-order valence-electron chi connectivity index (χ1n) is 17.0. The van der Waals surface area contributed by atoms with E-state index in [4.69, 9.17) is 4.74 Å². The Labute approximate surface area is 277 Å². The molecule has 0 saturated heterocycles. The number of aliphatic hydroxyl groups excluding tert-OH is 1. The summed E-state index contributed by atoms with van der Waals surface area (Å²) in [7, 11) is 0. The number of nitrogens with zero attached hydrogens (tertiary/aromatic N) is 2. The van der Waals surface area contributed by atoms with Crippen molar-refractivity contribution >= 4 is 5.91 Å². The fourth-order valence-corrected chi connectivity index (χ4v) is 7.07. The number of carbonyl (C=O) groups is 1. The maximum absolute atomic E-state index is 13.9. The second-order valence-electron chi connectivity index (χ2n) is 13.4. The van der Waals surface area contributed by atoms with Gasteiger partial charge >= 0.3 is 0 Å². The normalized spacial score (nSPS) is 18.0. The van der Waals surface area contributed by atoms with Crippen LogP contribution in [0, 0.1) is 0 Å². The topological polar surface area (TPSA) is 105 Å². The third-order valence-corrected chi connectivity index (χ3v) is 9.73. The van der Waals surface area contributed by atoms with Gasteiger partial charge in [0.05, 0.1) is 29.0 Å². The Bertz CT molecular complexity index is 1730. The summed E-state index contributed by atoms with van der Waals surface area (Å²) in [6, 6.07) is 22.6. The first kappa shape index (κ1) is 32.7. The molecule has 1 amide bonds. The predicted octanol–water partition coefficient (Wildman–Crippen LogP) is 6.18. The first-order chi connectivity index (χ1) is 22.7. The van der Waals surface area contributed by atoms with E-state index in [0.29, 0.717) is 29.8 Å². The minimum absolute atomic E-state index is 0.0293. The molecule has 4 aromatic rings. The number of aliphatic hydroxyl groups is 1. The summed E-state index contributed by atoms with van der Waals surface area (Å²) < 4.78 is 8.20. The monoisotopic (exact) mass is 634 g/mol. The Morgan fingerprint density at radius 1 is 1.04 bits per heavy atom. The second-order valence-corrected chi connectivity index (χ2v) is 13.4. The van der Waals surface area contributed by atoms with Crippen LogP contribution in [0.3, 0.4) is 0 Å². The average molecular weight is 635 g/mol. The van der Waals surface area contributed by atoms with Gasteiger partial charge in [-0.2, -0.15) is 0 Å². The molecule has 1 fully saturated rings. The number of pyridine rings is 2. The summed E-state index contributed by atoms with van der Waals surface area (Å²) in [5, 5.41) is 18.6. The minimum Gasteiger partial charge on any atom is -0.487 e. The van der Waals surface area contributed by atoms with Gasteiger partial charge in [-0.3, -0.25) is 14.6 Å². The number of ether oxygens (including phenoxy) is 1. The van der Waals surface area contributed by atoms with E-state index in [1.165, 1.54) is 5.56 Å². The SMILES string of the molecule is CCc1ccc2c(c1)C(NC[C@@H](O)[C@H](Cc1ccccc1)NC(=O)c1cc(-c3ccccn3)c(=O)n(C(C)C)c1)CC1(CCCC1)O2. The molecule has 3 heterocycles. The van der Waals surface area contributed by atoms with E-state index >= 15 is 0 Å². The van der Waals surface area contributed by atoms with Crippen LogP contribution in [-0.4, -0.2) is 44.9 Å². The molecule has 1 unspecified atom stereocenters. The molecule has 6 rings (SSSR count). The van der Waals surface area contributed by atoms with Crippen molar-refractivity contribution in [1.82, 2.24) is 20.2 Å². The van der Waals surface area contributed by atoms with Gasteiger partial charge in [0.15, 0.2) is 0 Å². The van der Waals surface area contributed by atoms with Gasteiger partial charge in [-0.25, -0.2) is 0 Å². The molecule has 2 aliphatic rings. The summed E-state index contributed by atoms with van der Waals surface area (Å²) in [6.07, 6.45) is 8.98. The van der Waals surface area contributed by atoms with Crippen LogP contribution >= 0.6 is 0 Å². The maximum atomic E-state index is 13.9. The number of fused-ring (bicyclic) bond motifs is 1. The lowest BCUT2D eigenvalue weighted by Gasteiger charge is -2.41. The number of benzene rings is 2. The van der Waals surface area contributed by atoms with Crippen LogP contribution in [0.25, 0.3) is 11.3 Å². The molecule has 8 heteroatoms. The van der Waals surface area contributed by atoms with Crippen LogP contribution in [0.4, 0.5) is 0 Å². The van der Waals surface area contributed by atoms with Crippen molar-refractivity contribution in [1.29, 1.82) is 0 Å². The number of nitrogens with one attached hydrogen (secondary N) is 2. The zero-order valence-corrected chi connectivity index (χ0v) is 27.6. The Hall–Kier alpha value is -4.27. The maximum Gasteiger partial charge on any atom is 0.260 e. The number of aromatic nitrogens is 2. The quantitative estimate of drug-likeness (QED) is 0.182. The molecule has 1 aliphatic heterocycles. The highest BCUT2D eigenvalue weighted by Crippen LogP contribution is 2.47. The number of aryl methyl sites for hydroxylation is 1. The Kier molecular flexibility index (Phi) is 9.89. The van der Waals surface area contributed by atoms with Crippen molar-refractivity contribution in [3.8, 4) is 17.0 Å². The molecule has 2 aromatic carbocycles. The zero-order chi connectivity index (χ0) is 33.0. The van der Waals surface area contributed by atoms with Crippen molar-refractivity contribution in [2.24, 2.45) is 0 Å². The third-order valence-electron chi connectivity index (χ3n) is 9.73. The van der Waals surface area contributed by atoms with Crippen LogP contribution in [0.1, 0.15) is 92.0 Å². The van der Waals surface area contributed by atoms with E-state index in [-0.39, 0.29) is 29.2 Å². The van der Waals surface area contributed by atoms with E-state index in [1.807, 2.05) is 50.2 Å². The van der Waals surface area contributed by atoms with Gasteiger partial charge in [-0.15, -0.1) is 0 Å². The van der Waals surface area contributed by atoms with Crippen molar-refractivity contribution in [3.63, 3.8) is 0 Å². The largest absolute Gasteiger partial charge is 0.487 e. The molecule has 8 nitrogen and oxygen atoms in total.